The molecule has 132 valence electrons. The van der Waals surface area contributed by atoms with E-state index >= 15 is 0 Å². The molecule has 0 aliphatic rings. The molecule has 0 unspecified atom stereocenters. The number of ether oxygens (including phenoxy) is 1. The number of hydrogen-bond acceptors (Lipinski definition) is 5. The first kappa shape index (κ1) is 17.3. The molecule has 1 aromatic heterocycles. The predicted octanol–water partition coefficient (Wildman–Crippen LogP) is 3.30. The second kappa shape index (κ2) is 8.06. The smallest absolute Gasteiger partial charge is 0.254 e. The first-order valence-corrected chi connectivity index (χ1v) is 7.90. The summed E-state index contributed by atoms with van der Waals surface area (Å²) < 4.78 is 18.3. The van der Waals surface area contributed by atoms with Crippen molar-refractivity contribution in [1.82, 2.24) is 15.3 Å². The van der Waals surface area contributed by atoms with Crippen LogP contribution in [0.5, 0.6) is 5.75 Å². The molecule has 1 heterocycles. The van der Waals surface area contributed by atoms with E-state index in [0.717, 1.165) is 11.3 Å². The monoisotopic (exact) mass is 352 g/mol. The van der Waals surface area contributed by atoms with Gasteiger partial charge in [-0.2, -0.15) is 0 Å². The topological polar surface area (TPSA) is 76.1 Å². The quantitative estimate of drug-likeness (QED) is 0.712. The molecule has 2 aromatic carbocycles. The highest BCUT2D eigenvalue weighted by atomic mass is 19.1. The number of carbonyl (C=O) groups excluding carboxylic acids is 1. The Morgan fingerprint density at radius 1 is 1.12 bits per heavy atom. The minimum atomic E-state index is -0.357. The van der Waals surface area contributed by atoms with Gasteiger partial charge in [0.15, 0.2) is 0 Å². The molecule has 3 rings (SSSR count). The van der Waals surface area contributed by atoms with Crippen LogP contribution in [0.25, 0.3) is 0 Å². The third-order valence-electron chi connectivity index (χ3n) is 3.61. The molecule has 3 aromatic rings. The first-order chi connectivity index (χ1) is 12.6. The fourth-order valence-corrected chi connectivity index (χ4v) is 2.23. The largest absolute Gasteiger partial charge is 0.497 e. The van der Waals surface area contributed by atoms with Gasteiger partial charge in [-0.05, 0) is 35.9 Å². The summed E-state index contributed by atoms with van der Waals surface area (Å²) in [4.78, 5) is 20.3. The van der Waals surface area contributed by atoms with E-state index in [0.29, 0.717) is 17.8 Å². The summed E-state index contributed by atoms with van der Waals surface area (Å²) >= 11 is 0. The van der Waals surface area contributed by atoms with Gasteiger partial charge in [0.05, 0.1) is 12.7 Å². The maximum absolute atomic E-state index is 13.2. The third kappa shape index (κ3) is 4.54. The fraction of sp³-hybridized carbons (Fsp3) is 0.105. The Bertz CT molecular complexity index is 883. The predicted molar refractivity (Wildman–Crippen MR) is 95.9 cm³/mol. The molecule has 0 aliphatic heterocycles. The van der Waals surface area contributed by atoms with Gasteiger partial charge < -0.3 is 15.4 Å². The van der Waals surface area contributed by atoms with E-state index in [4.69, 9.17) is 4.74 Å². The van der Waals surface area contributed by atoms with Crippen molar-refractivity contribution in [2.45, 2.75) is 6.54 Å². The Hall–Kier alpha value is -3.48. The van der Waals surface area contributed by atoms with Gasteiger partial charge >= 0.3 is 0 Å². The molecule has 2 N–H and O–H groups in total. The standard InChI is InChI=1S/C19H17FN4O2/c1-26-17-7-5-13(6-8-17)10-21-18(25)14-11-22-19(23-12-14)24-16-4-2-3-15(20)9-16/h2-9,11-12H,10H2,1H3,(H,21,25)(H,22,23,24). The summed E-state index contributed by atoms with van der Waals surface area (Å²) in [5, 5.41) is 5.67. The number of halogens is 1. The molecule has 0 saturated carbocycles. The van der Waals surface area contributed by atoms with Crippen LogP contribution >= 0.6 is 0 Å². The number of rotatable bonds is 6. The lowest BCUT2D eigenvalue weighted by molar-refractivity contribution is 0.0950. The molecule has 26 heavy (non-hydrogen) atoms. The van der Waals surface area contributed by atoms with E-state index in [9.17, 15) is 9.18 Å². The first-order valence-electron chi connectivity index (χ1n) is 7.90. The molecular formula is C19H17FN4O2. The Kier molecular flexibility index (Phi) is 5.38. The molecule has 0 fully saturated rings. The van der Waals surface area contributed by atoms with Gasteiger partial charge in [-0.3, -0.25) is 4.79 Å². The Labute approximate surface area is 150 Å². The number of nitrogens with zero attached hydrogens (tertiary/aromatic N) is 2. The SMILES string of the molecule is COc1ccc(CNC(=O)c2cnc(Nc3cccc(F)c3)nc2)cc1. The molecule has 0 saturated heterocycles. The van der Waals surface area contributed by atoms with Crippen LogP contribution in [0, 0.1) is 5.82 Å². The van der Waals surface area contributed by atoms with Gasteiger partial charge in [-0.1, -0.05) is 18.2 Å². The van der Waals surface area contributed by atoms with Crippen LogP contribution in [0.1, 0.15) is 15.9 Å². The number of methoxy groups -OCH3 is 1. The summed E-state index contributed by atoms with van der Waals surface area (Å²) in [6, 6.07) is 13.4. The number of nitrogens with one attached hydrogen (secondary N) is 2. The number of hydrogen-bond donors (Lipinski definition) is 2. The van der Waals surface area contributed by atoms with Crippen molar-refractivity contribution in [3.63, 3.8) is 0 Å². The summed E-state index contributed by atoms with van der Waals surface area (Å²) in [5.74, 6) is 0.403. The van der Waals surface area contributed by atoms with Crippen molar-refractivity contribution >= 4 is 17.5 Å². The van der Waals surface area contributed by atoms with E-state index in [-0.39, 0.29) is 17.7 Å². The second-order valence-corrected chi connectivity index (χ2v) is 5.46. The minimum Gasteiger partial charge on any atom is -0.497 e. The van der Waals surface area contributed by atoms with Gasteiger partial charge in [-0.25, -0.2) is 14.4 Å². The molecule has 1 amide bonds. The van der Waals surface area contributed by atoms with E-state index < -0.39 is 0 Å². The third-order valence-corrected chi connectivity index (χ3v) is 3.61. The van der Waals surface area contributed by atoms with Gasteiger partial charge in [-0.15, -0.1) is 0 Å². The zero-order valence-corrected chi connectivity index (χ0v) is 14.1. The lowest BCUT2D eigenvalue weighted by Gasteiger charge is -2.07. The molecule has 7 heteroatoms. The average Bonchev–Trinajstić information content (AvgIpc) is 2.67. The van der Waals surface area contributed by atoms with Crippen LogP contribution in [-0.2, 0) is 6.54 Å². The molecule has 0 spiro atoms. The Morgan fingerprint density at radius 2 is 1.85 bits per heavy atom. The van der Waals surface area contributed by atoms with Crippen LogP contribution in [0.4, 0.5) is 16.0 Å². The van der Waals surface area contributed by atoms with Crippen LogP contribution in [0.3, 0.4) is 0 Å². The van der Waals surface area contributed by atoms with E-state index in [2.05, 4.69) is 20.6 Å². The molecular weight excluding hydrogens is 335 g/mol. The number of amides is 1. The van der Waals surface area contributed by atoms with Crippen molar-refractivity contribution in [3.05, 3.63) is 77.9 Å². The summed E-state index contributed by atoms with van der Waals surface area (Å²) in [5.41, 5.74) is 1.81. The number of carbonyl (C=O) groups is 1. The van der Waals surface area contributed by atoms with Crippen LogP contribution < -0.4 is 15.4 Å². The molecule has 6 nitrogen and oxygen atoms in total. The lowest BCUT2D eigenvalue weighted by Crippen LogP contribution is -2.23. The van der Waals surface area contributed by atoms with Crippen molar-refractivity contribution < 1.29 is 13.9 Å². The van der Waals surface area contributed by atoms with Gasteiger partial charge in [0.25, 0.3) is 5.91 Å². The van der Waals surface area contributed by atoms with Crippen molar-refractivity contribution in [2.24, 2.45) is 0 Å². The van der Waals surface area contributed by atoms with Crippen LogP contribution in [-0.4, -0.2) is 23.0 Å². The molecule has 0 bridgehead atoms. The van der Waals surface area contributed by atoms with Gasteiger partial charge in [0.2, 0.25) is 5.95 Å². The Morgan fingerprint density at radius 3 is 2.50 bits per heavy atom. The number of aromatic nitrogens is 2. The maximum atomic E-state index is 13.2. The highest BCUT2D eigenvalue weighted by Crippen LogP contribution is 2.14. The van der Waals surface area contributed by atoms with Crippen molar-refractivity contribution in [1.29, 1.82) is 0 Å². The van der Waals surface area contributed by atoms with Crippen LogP contribution in [0.15, 0.2) is 60.9 Å². The molecule has 0 aliphatic carbocycles. The lowest BCUT2D eigenvalue weighted by atomic mass is 10.2. The van der Waals surface area contributed by atoms with Crippen molar-refractivity contribution in [3.8, 4) is 5.75 Å². The highest BCUT2D eigenvalue weighted by Gasteiger charge is 2.07. The number of anilines is 2. The molecule has 0 radical (unpaired) electrons. The summed E-state index contributed by atoms with van der Waals surface area (Å²) in [6.45, 7) is 0.381. The fourth-order valence-electron chi connectivity index (χ4n) is 2.23. The zero-order chi connectivity index (χ0) is 18.4. The van der Waals surface area contributed by atoms with E-state index in [1.807, 2.05) is 24.3 Å². The minimum absolute atomic E-state index is 0.280. The molecule has 0 atom stereocenters. The normalized spacial score (nSPS) is 10.2. The van der Waals surface area contributed by atoms with Crippen LogP contribution in [0.2, 0.25) is 0 Å². The second-order valence-electron chi connectivity index (χ2n) is 5.46. The van der Waals surface area contributed by atoms with Gasteiger partial charge in [0, 0.05) is 24.6 Å². The summed E-state index contributed by atoms with van der Waals surface area (Å²) in [7, 11) is 1.60. The highest BCUT2D eigenvalue weighted by molar-refractivity contribution is 5.93. The van der Waals surface area contributed by atoms with E-state index in [1.54, 1.807) is 19.2 Å². The average molecular weight is 352 g/mol. The Balaban J connectivity index is 1.57. The number of benzene rings is 2. The maximum Gasteiger partial charge on any atom is 0.254 e. The van der Waals surface area contributed by atoms with Gasteiger partial charge in [0.1, 0.15) is 11.6 Å². The zero-order valence-electron chi connectivity index (χ0n) is 14.1. The van der Waals surface area contributed by atoms with Crippen molar-refractivity contribution in [2.75, 3.05) is 12.4 Å². The summed E-state index contributed by atoms with van der Waals surface area (Å²) in [6.07, 6.45) is 2.83. The van der Waals surface area contributed by atoms with E-state index in [1.165, 1.54) is 24.5 Å².